The standard InChI is InChI=1S/C17H18ClFN2S3/c1-23-13-4-2-3-12(9-13)11-20-17(22)21-16-10-14(24-8-7-19)5-6-15(16)18/h2-6,9-10H,7-8,11H2,1H3,(H2,20,21,22). The molecule has 0 bridgehead atoms. The Kier molecular flexibility index (Phi) is 8.18. The van der Waals surface area contributed by atoms with Crippen LogP contribution >= 0.6 is 47.3 Å². The van der Waals surface area contributed by atoms with Crippen molar-refractivity contribution in [3.8, 4) is 0 Å². The predicted molar refractivity (Wildman–Crippen MR) is 109 cm³/mol. The lowest BCUT2D eigenvalue weighted by Crippen LogP contribution is -2.28. The zero-order chi connectivity index (χ0) is 17.4. The van der Waals surface area contributed by atoms with Gasteiger partial charge in [0.1, 0.15) is 0 Å². The maximum atomic E-state index is 12.3. The van der Waals surface area contributed by atoms with Crippen LogP contribution in [0.3, 0.4) is 0 Å². The molecule has 0 saturated carbocycles. The fourth-order valence-electron chi connectivity index (χ4n) is 1.98. The maximum Gasteiger partial charge on any atom is 0.171 e. The second kappa shape index (κ2) is 10.1. The van der Waals surface area contributed by atoms with E-state index in [0.717, 1.165) is 16.1 Å². The molecule has 128 valence electrons. The van der Waals surface area contributed by atoms with Crippen molar-refractivity contribution in [2.24, 2.45) is 0 Å². The van der Waals surface area contributed by atoms with Gasteiger partial charge in [-0.2, -0.15) is 0 Å². The molecule has 2 nitrogen and oxygen atoms in total. The smallest absolute Gasteiger partial charge is 0.171 e. The summed E-state index contributed by atoms with van der Waals surface area (Å²) >= 11 is 14.7. The first-order valence-electron chi connectivity index (χ1n) is 7.28. The molecule has 0 heterocycles. The van der Waals surface area contributed by atoms with E-state index in [2.05, 4.69) is 35.1 Å². The van der Waals surface area contributed by atoms with Crippen LogP contribution in [0.5, 0.6) is 0 Å². The number of nitrogens with one attached hydrogen (secondary N) is 2. The zero-order valence-electron chi connectivity index (χ0n) is 13.1. The molecule has 0 aliphatic carbocycles. The van der Waals surface area contributed by atoms with Gasteiger partial charge in [0.25, 0.3) is 0 Å². The Morgan fingerprint density at radius 3 is 2.79 bits per heavy atom. The topological polar surface area (TPSA) is 24.1 Å². The molecule has 24 heavy (non-hydrogen) atoms. The molecule has 0 aromatic heterocycles. The largest absolute Gasteiger partial charge is 0.358 e. The van der Waals surface area contributed by atoms with Crippen LogP contribution < -0.4 is 10.6 Å². The van der Waals surface area contributed by atoms with Crippen LogP contribution in [0.1, 0.15) is 5.56 Å². The molecule has 0 unspecified atom stereocenters. The van der Waals surface area contributed by atoms with Gasteiger partial charge in [0.15, 0.2) is 5.11 Å². The lowest BCUT2D eigenvalue weighted by atomic mass is 10.2. The second-order valence-corrected chi connectivity index (χ2v) is 7.70. The van der Waals surface area contributed by atoms with Gasteiger partial charge in [-0.15, -0.1) is 23.5 Å². The average molecular weight is 401 g/mol. The minimum Gasteiger partial charge on any atom is -0.358 e. The summed E-state index contributed by atoms with van der Waals surface area (Å²) in [4.78, 5) is 2.17. The summed E-state index contributed by atoms with van der Waals surface area (Å²) in [6, 6.07) is 13.8. The second-order valence-electron chi connectivity index (χ2n) is 4.84. The molecule has 2 aromatic carbocycles. The lowest BCUT2D eigenvalue weighted by Gasteiger charge is -2.13. The molecule has 2 N–H and O–H groups in total. The predicted octanol–water partition coefficient (Wildman–Crippen LogP) is 5.61. The molecule has 0 aliphatic heterocycles. The molecule has 0 atom stereocenters. The van der Waals surface area contributed by atoms with Crippen LogP contribution in [0, 0.1) is 0 Å². The molecule has 0 aliphatic rings. The van der Waals surface area contributed by atoms with Crippen molar-refractivity contribution in [1.29, 1.82) is 0 Å². The van der Waals surface area contributed by atoms with Crippen LogP contribution in [0.4, 0.5) is 10.1 Å². The van der Waals surface area contributed by atoms with Crippen molar-refractivity contribution in [3.63, 3.8) is 0 Å². The lowest BCUT2D eigenvalue weighted by molar-refractivity contribution is 0.533. The number of halogens is 2. The molecule has 0 radical (unpaired) electrons. The van der Waals surface area contributed by atoms with Crippen molar-refractivity contribution in [3.05, 3.63) is 53.1 Å². The van der Waals surface area contributed by atoms with Gasteiger partial charge in [0.2, 0.25) is 0 Å². The number of alkyl halides is 1. The van der Waals surface area contributed by atoms with Crippen LogP contribution in [0.15, 0.2) is 52.3 Å². The Bertz CT molecular complexity index is 697. The first-order valence-corrected chi connectivity index (χ1v) is 10.3. The number of rotatable bonds is 7. The van der Waals surface area contributed by atoms with Crippen molar-refractivity contribution >= 4 is 58.1 Å². The molecule has 2 rings (SSSR count). The molecule has 2 aromatic rings. The minimum atomic E-state index is -0.356. The van der Waals surface area contributed by atoms with E-state index < -0.39 is 0 Å². The number of thioether (sulfide) groups is 2. The minimum absolute atomic E-state index is 0.356. The van der Waals surface area contributed by atoms with Crippen LogP contribution in [-0.2, 0) is 6.54 Å². The van der Waals surface area contributed by atoms with Crippen molar-refractivity contribution < 1.29 is 4.39 Å². The summed E-state index contributed by atoms with van der Waals surface area (Å²) in [5.41, 5.74) is 1.88. The van der Waals surface area contributed by atoms with Gasteiger partial charge in [0, 0.05) is 22.1 Å². The SMILES string of the molecule is CSc1cccc(CNC(=S)Nc2cc(SCCF)ccc2Cl)c1. The van der Waals surface area contributed by atoms with Gasteiger partial charge in [0.05, 0.1) is 17.4 Å². The van der Waals surface area contributed by atoms with E-state index in [9.17, 15) is 4.39 Å². The third-order valence-corrected chi connectivity index (χ3v) is 5.37. The molecular weight excluding hydrogens is 383 g/mol. The average Bonchev–Trinajstić information content (AvgIpc) is 2.60. The van der Waals surface area contributed by atoms with E-state index in [1.807, 2.05) is 18.2 Å². The van der Waals surface area contributed by atoms with E-state index >= 15 is 0 Å². The highest BCUT2D eigenvalue weighted by Crippen LogP contribution is 2.28. The highest BCUT2D eigenvalue weighted by atomic mass is 35.5. The number of anilines is 1. The first kappa shape index (κ1) is 19.4. The van der Waals surface area contributed by atoms with E-state index in [1.54, 1.807) is 17.8 Å². The Morgan fingerprint density at radius 2 is 2.04 bits per heavy atom. The quantitative estimate of drug-likeness (QED) is 0.464. The highest BCUT2D eigenvalue weighted by molar-refractivity contribution is 7.99. The number of hydrogen-bond donors (Lipinski definition) is 2. The first-order chi connectivity index (χ1) is 11.6. The molecule has 0 amide bonds. The van der Waals surface area contributed by atoms with Crippen molar-refractivity contribution in [1.82, 2.24) is 5.32 Å². The van der Waals surface area contributed by atoms with Crippen LogP contribution in [0.25, 0.3) is 0 Å². The highest BCUT2D eigenvalue weighted by Gasteiger charge is 2.05. The summed E-state index contributed by atoms with van der Waals surface area (Å²) < 4.78 is 12.3. The summed E-state index contributed by atoms with van der Waals surface area (Å²) in [6.45, 7) is 0.277. The maximum absolute atomic E-state index is 12.3. The van der Waals surface area contributed by atoms with Crippen molar-refractivity contribution in [2.75, 3.05) is 24.0 Å². The van der Waals surface area contributed by atoms with E-state index in [4.69, 9.17) is 23.8 Å². The Balaban J connectivity index is 1.93. The number of thiocarbonyl (C=S) groups is 1. The number of hydrogen-bond acceptors (Lipinski definition) is 3. The third kappa shape index (κ3) is 6.16. The van der Waals surface area contributed by atoms with E-state index in [0.29, 0.717) is 22.4 Å². The monoisotopic (exact) mass is 400 g/mol. The fourth-order valence-corrected chi connectivity index (χ4v) is 3.49. The molecular formula is C17H18ClFN2S3. The molecule has 7 heteroatoms. The van der Waals surface area contributed by atoms with Gasteiger partial charge in [-0.05, 0) is 54.4 Å². The van der Waals surface area contributed by atoms with Gasteiger partial charge in [-0.3, -0.25) is 4.39 Å². The van der Waals surface area contributed by atoms with Crippen LogP contribution in [-0.4, -0.2) is 23.8 Å². The zero-order valence-corrected chi connectivity index (χ0v) is 16.3. The fraction of sp³-hybridized carbons (Fsp3) is 0.235. The normalized spacial score (nSPS) is 10.5. The molecule has 0 fully saturated rings. The molecule has 0 spiro atoms. The Hall–Kier alpha value is -0.950. The Morgan fingerprint density at radius 1 is 1.21 bits per heavy atom. The summed E-state index contributed by atoms with van der Waals surface area (Å²) in [6.07, 6.45) is 2.05. The number of benzene rings is 2. The van der Waals surface area contributed by atoms with Gasteiger partial charge < -0.3 is 10.6 Å². The van der Waals surface area contributed by atoms with Crippen LogP contribution in [0.2, 0.25) is 5.02 Å². The molecule has 0 saturated heterocycles. The summed E-state index contributed by atoms with van der Waals surface area (Å²) in [5.74, 6) is 0.426. The Labute approximate surface area is 160 Å². The van der Waals surface area contributed by atoms with E-state index in [-0.39, 0.29) is 6.67 Å². The summed E-state index contributed by atoms with van der Waals surface area (Å²) in [5, 5.41) is 7.35. The van der Waals surface area contributed by atoms with Gasteiger partial charge in [-0.25, -0.2) is 0 Å². The van der Waals surface area contributed by atoms with E-state index in [1.165, 1.54) is 16.7 Å². The van der Waals surface area contributed by atoms with Crippen molar-refractivity contribution in [2.45, 2.75) is 16.3 Å². The van der Waals surface area contributed by atoms with Gasteiger partial charge in [-0.1, -0.05) is 23.7 Å². The van der Waals surface area contributed by atoms with Gasteiger partial charge >= 0.3 is 0 Å². The summed E-state index contributed by atoms with van der Waals surface area (Å²) in [7, 11) is 0. The third-order valence-electron chi connectivity index (χ3n) is 3.12.